The molecule has 0 saturated carbocycles. The minimum absolute atomic E-state index is 0.00529. The number of thiazole rings is 1. The molecule has 9 heteroatoms. The van der Waals surface area contributed by atoms with Gasteiger partial charge in [0.15, 0.2) is 6.10 Å². The first-order chi connectivity index (χ1) is 16.1. The number of hydrogen-bond donors (Lipinski definition) is 0. The second-order valence-electron chi connectivity index (χ2n) is 9.42. The molecule has 0 fully saturated rings. The van der Waals surface area contributed by atoms with Crippen LogP contribution in [0.1, 0.15) is 70.5 Å². The van der Waals surface area contributed by atoms with Crippen molar-refractivity contribution in [3.63, 3.8) is 0 Å². The summed E-state index contributed by atoms with van der Waals surface area (Å²) in [6.07, 6.45) is 5.83. The van der Waals surface area contributed by atoms with Gasteiger partial charge in [-0.3, -0.25) is 9.59 Å². The molecule has 0 spiro atoms. The molecule has 1 aliphatic heterocycles. The Morgan fingerprint density at radius 2 is 1.94 bits per heavy atom. The number of ether oxygens (including phenoxy) is 1. The van der Waals surface area contributed by atoms with E-state index in [1.54, 1.807) is 0 Å². The number of aryl methyl sites for hydroxylation is 1. The lowest BCUT2D eigenvalue weighted by Gasteiger charge is -2.36. The molecule has 0 radical (unpaired) electrons. The first-order valence-electron chi connectivity index (χ1n) is 11.6. The number of Topliss-reactive ketones (excluding diaryl/α,β-unsaturated/α-hetero) is 1. The van der Waals surface area contributed by atoms with Crippen molar-refractivity contribution >= 4 is 42.0 Å². The Hall–Kier alpha value is -1.15. The molecule has 0 aliphatic carbocycles. The zero-order chi connectivity index (χ0) is 25.3. The molecule has 0 saturated heterocycles. The molecule has 7 atom stereocenters. The summed E-state index contributed by atoms with van der Waals surface area (Å²) in [5, 5.41) is 2.82. The topological polar surface area (TPSA) is 74.7 Å². The van der Waals surface area contributed by atoms with Crippen LogP contribution in [0.15, 0.2) is 17.5 Å². The number of carbonyl (C=O) groups excluding carboxylic acids is 2. The maximum absolute atomic E-state index is 13.5. The van der Waals surface area contributed by atoms with E-state index < -0.39 is 23.6 Å². The molecule has 2 rings (SSSR count). The first kappa shape index (κ1) is 29.1. The van der Waals surface area contributed by atoms with Gasteiger partial charge in [-0.25, -0.2) is 4.98 Å². The smallest absolute Gasteiger partial charge is 0.309 e. The minimum Gasteiger partial charge on any atom is -0.449 e. The Bertz CT molecular complexity index is 920. The van der Waals surface area contributed by atoms with Crippen LogP contribution in [0.25, 0.3) is 0 Å². The Kier molecular flexibility index (Phi) is 11.8. The number of hydrogen-bond acceptors (Lipinski definition) is 7. The average molecular weight is 526 g/mol. The van der Waals surface area contributed by atoms with Crippen molar-refractivity contribution in [3.05, 3.63) is 28.2 Å². The first-order valence-corrected chi connectivity index (χ1v) is 13.5. The standard InChI is InChI=1S/C25H37NO5P2S/c1-16-10-8-6-7-9-11-20(13-12-19-15-34-18(3)26-19)29-22(27)14-21(30-32)25(4,5)24(28)17(2)23(16)31-33/h7,9,15-17,20-21,23H,6,8,10-11,14,32-33H2,1-5H3/b9-7-/t16-,17+,20?,21-,23-/m0/s1. The third-order valence-corrected chi connectivity index (χ3v) is 7.80. The summed E-state index contributed by atoms with van der Waals surface area (Å²) >= 11 is 1.53. The molecule has 34 heavy (non-hydrogen) atoms. The lowest BCUT2D eigenvalue weighted by atomic mass is 9.73. The minimum atomic E-state index is -0.919. The van der Waals surface area contributed by atoms with Gasteiger partial charge >= 0.3 is 5.97 Å². The number of allylic oxidation sites excluding steroid dienone is 1. The number of cyclic esters (lactones) is 1. The third kappa shape index (κ3) is 8.21. The van der Waals surface area contributed by atoms with E-state index in [0.29, 0.717) is 12.1 Å². The quantitative estimate of drug-likeness (QED) is 0.221. The van der Waals surface area contributed by atoms with Crippen molar-refractivity contribution in [2.24, 2.45) is 17.3 Å². The van der Waals surface area contributed by atoms with Gasteiger partial charge in [0, 0.05) is 36.7 Å². The highest BCUT2D eigenvalue weighted by Crippen LogP contribution is 2.36. The van der Waals surface area contributed by atoms with Gasteiger partial charge in [-0.1, -0.05) is 45.8 Å². The summed E-state index contributed by atoms with van der Waals surface area (Å²) in [5.74, 6) is 5.44. The van der Waals surface area contributed by atoms with Gasteiger partial charge < -0.3 is 13.8 Å². The number of esters is 1. The Labute approximate surface area is 212 Å². The maximum atomic E-state index is 13.5. The molecule has 6 nitrogen and oxygen atoms in total. The maximum Gasteiger partial charge on any atom is 0.309 e. The van der Waals surface area contributed by atoms with Crippen LogP contribution in [-0.4, -0.2) is 35.0 Å². The van der Waals surface area contributed by atoms with Crippen LogP contribution >= 0.6 is 30.3 Å². The predicted molar refractivity (Wildman–Crippen MR) is 142 cm³/mol. The van der Waals surface area contributed by atoms with Crippen LogP contribution in [0.3, 0.4) is 0 Å². The molecular weight excluding hydrogens is 488 g/mol. The summed E-state index contributed by atoms with van der Waals surface area (Å²) < 4.78 is 16.9. The molecule has 0 amide bonds. The molecule has 2 heterocycles. The van der Waals surface area contributed by atoms with Gasteiger partial charge in [0.1, 0.15) is 11.5 Å². The van der Waals surface area contributed by atoms with Gasteiger partial charge in [0.25, 0.3) is 0 Å². The molecule has 0 aromatic carbocycles. The Balaban J connectivity index is 2.30. The molecular formula is C25H37NO5P2S. The van der Waals surface area contributed by atoms with Crippen molar-refractivity contribution < 1.29 is 23.4 Å². The van der Waals surface area contributed by atoms with Crippen molar-refractivity contribution in [2.75, 3.05) is 0 Å². The van der Waals surface area contributed by atoms with E-state index in [9.17, 15) is 9.59 Å². The van der Waals surface area contributed by atoms with Crippen LogP contribution in [-0.2, 0) is 23.4 Å². The zero-order valence-electron chi connectivity index (χ0n) is 20.7. The second kappa shape index (κ2) is 13.8. The van der Waals surface area contributed by atoms with E-state index in [1.165, 1.54) is 11.3 Å². The SMILES string of the molecule is Cc1nc(C#CC2C/C=C\CCC[C@H](C)[C@H](OP)[C@@H](C)C(=O)C(C)(C)[C@@H](OP)CC(=O)O2)cs1. The third-order valence-electron chi connectivity index (χ3n) is 6.38. The molecule has 3 unspecified atom stereocenters. The van der Waals surface area contributed by atoms with Gasteiger partial charge in [0.2, 0.25) is 0 Å². The molecule has 0 bridgehead atoms. The summed E-state index contributed by atoms with van der Waals surface area (Å²) in [5.41, 5.74) is -0.251. The van der Waals surface area contributed by atoms with Crippen molar-refractivity contribution in [3.8, 4) is 11.8 Å². The molecule has 0 N–H and O–H groups in total. The van der Waals surface area contributed by atoms with Gasteiger partial charge in [-0.15, -0.1) is 11.3 Å². The predicted octanol–water partition coefficient (Wildman–Crippen LogP) is 5.45. The fourth-order valence-corrected chi connectivity index (χ4v) is 5.73. The van der Waals surface area contributed by atoms with Crippen LogP contribution in [0.5, 0.6) is 0 Å². The largest absolute Gasteiger partial charge is 0.449 e. The summed E-state index contributed by atoms with van der Waals surface area (Å²) in [7, 11) is 4.51. The highest BCUT2D eigenvalue weighted by atomic mass is 32.1. The van der Waals surface area contributed by atoms with Crippen molar-refractivity contribution in [1.82, 2.24) is 4.98 Å². The van der Waals surface area contributed by atoms with E-state index in [0.717, 1.165) is 24.3 Å². The molecule has 188 valence electrons. The average Bonchev–Trinajstić information content (AvgIpc) is 3.21. The normalized spacial score (nSPS) is 30.1. The second-order valence-corrected chi connectivity index (χ2v) is 11.0. The van der Waals surface area contributed by atoms with E-state index in [2.05, 4.69) is 48.8 Å². The highest BCUT2D eigenvalue weighted by molar-refractivity contribution is 7.10. The van der Waals surface area contributed by atoms with E-state index >= 15 is 0 Å². The van der Waals surface area contributed by atoms with E-state index in [4.69, 9.17) is 13.8 Å². The van der Waals surface area contributed by atoms with Crippen LogP contribution in [0, 0.1) is 36.0 Å². The fourth-order valence-electron chi connectivity index (χ4n) is 4.24. The number of ketones is 1. The van der Waals surface area contributed by atoms with E-state index in [1.807, 2.05) is 39.2 Å². The molecule has 1 aliphatic rings. The Morgan fingerprint density at radius 3 is 2.56 bits per heavy atom. The Morgan fingerprint density at radius 1 is 1.21 bits per heavy atom. The summed E-state index contributed by atoms with van der Waals surface area (Å²) in [4.78, 5) is 30.7. The number of carbonyl (C=O) groups is 2. The van der Waals surface area contributed by atoms with E-state index in [-0.39, 0.29) is 30.1 Å². The lowest BCUT2D eigenvalue weighted by Crippen LogP contribution is -2.46. The summed E-state index contributed by atoms with van der Waals surface area (Å²) in [6.45, 7) is 9.55. The number of rotatable bonds is 2. The van der Waals surface area contributed by atoms with Crippen LogP contribution in [0.4, 0.5) is 0 Å². The zero-order valence-corrected chi connectivity index (χ0v) is 23.8. The van der Waals surface area contributed by atoms with Gasteiger partial charge in [-0.05, 0) is 38.0 Å². The van der Waals surface area contributed by atoms with Gasteiger partial charge in [-0.2, -0.15) is 0 Å². The highest BCUT2D eigenvalue weighted by Gasteiger charge is 2.43. The van der Waals surface area contributed by atoms with Crippen molar-refractivity contribution in [2.45, 2.75) is 85.0 Å². The fraction of sp³-hybridized carbons (Fsp3) is 0.640. The van der Waals surface area contributed by atoms with Crippen LogP contribution in [0.2, 0.25) is 0 Å². The van der Waals surface area contributed by atoms with Crippen molar-refractivity contribution in [1.29, 1.82) is 0 Å². The molecule has 1 aromatic heterocycles. The molecule has 1 aromatic rings. The summed E-state index contributed by atoms with van der Waals surface area (Å²) in [6, 6.07) is 0. The monoisotopic (exact) mass is 525 g/mol. The van der Waals surface area contributed by atoms with Gasteiger partial charge in [0.05, 0.1) is 29.1 Å². The lowest BCUT2D eigenvalue weighted by molar-refractivity contribution is -0.151. The number of nitrogens with zero attached hydrogens (tertiary/aromatic N) is 1. The number of aromatic nitrogens is 1. The van der Waals surface area contributed by atoms with Crippen LogP contribution < -0.4 is 0 Å².